The van der Waals surface area contributed by atoms with Crippen LogP contribution in [0.2, 0.25) is 0 Å². The van der Waals surface area contributed by atoms with E-state index >= 15 is 0 Å². The quantitative estimate of drug-likeness (QED) is 0.827. The molecule has 0 saturated carbocycles. The predicted molar refractivity (Wildman–Crippen MR) is 86.4 cm³/mol. The van der Waals surface area contributed by atoms with Crippen LogP contribution in [0.3, 0.4) is 0 Å². The average Bonchev–Trinajstić information content (AvgIpc) is 2.97. The molecule has 2 saturated heterocycles. The Hall–Kier alpha value is -1.66. The summed E-state index contributed by atoms with van der Waals surface area (Å²) in [7, 11) is 1.69. The lowest BCUT2D eigenvalue weighted by molar-refractivity contribution is -0.135. The Morgan fingerprint density at radius 3 is 2.71 bits per heavy atom. The Morgan fingerprint density at radius 2 is 2.04 bits per heavy atom. The van der Waals surface area contributed by atoms with Crippen molar-refractivity contribution in [3.05, 3.63) is 30.1 Å². The predicted octanol–water partition coefficient (Wildman–Crippen LogP) is 2.25. The van der Waals surface area contributed by atoms with Gasteiger partial charge in [-0.05, 0) is 48.9 Å². The van der Waals surface area contributed by atoms with Crippen LogP contribution in [0.1, 0.15) is 19.3 Å². The van der Waals surface area contributed by atoms with E-state index in [9.17, 15) is 9.18 Å². The number of ether oxygens (including phenoxy) is 3. The number of hydrogen-bond acceptors (Lipinski definition) is 4. The number of amides is 1. The van der Waals surface area contributed by atoms with Gasteiger partial charge in [-0.25, -0.2) is 4.39 Å². The molecule has 0 aromatic heterocycles. The molecule has 1 unspecified atom stereocenters. The second-order valence-electron chi connectivity index (χ2n) is 6.72. The molecule has 6 heteroatoms. The highest BCUT2D eigenvalue weighted by molar-refractivity contribution is 5.77. The zero-order valence-electron chi connectivity index (χ0n) is 14.0. The van der Waals surface area contributed by atoms with Crippen molar-refractivity contribution < 1.29 is 23.4 Å². The molecular weight excluding hydrogens is 313 g/mol. The zero-order valence-corrected chi connectivity index (χ0v) is 14.0. The first-order valence-electron chi connectivity index (χ1n) is 8.37. The summed E-state index contributed by atoms with van der Waals surface area (Å²) < 4.78 is 29.3. The molecule has 1 aromatic rings. The lowest BCUT2D eigenvalue weighted by Gasteiger charge is -2.38. The number of methoxy groups -OCH3 is 1. The van der Waals surface area contributed by atoms with E-state index in [1.807, 2.05) is 4.90 Å². The summed E-state index contributed by atoms with van der Waals surface area (Å²) >= 11 is 0. The van der Waals surface area contributed by atoms with Gasteiger partial charge in [0.15, 0.2) is 6.61 Å². The Labute approximate surface area is 141 Å². The normalized spacial score (nSPS) is 22.8. The molecule has 2 aliphatic rings. The van der Waals surface area contributed by atoms with Crippen molar-refractivity contribution >= 4 is 5.91 Å². The number of nitrogens with zero attached hydrogens (tertiary/aromatic N) is 1. The fourth-order valence-electron chi connectivity index (χ4n) is 3.53. The Bertz CT molecular complexity index is 555. The number of rotatable bonds is 5. The number of piperidine rings is 1. The van der Waals surface area contributed by atoms with Crippen molar-refractivity contribution in [2.45, 2.75) is 25.4 Å². The maximum Gasteiger partial charge on any atom is 0.260 e. The number of benzene rings is 1. The molecular formula is C18H24FNO4. The molecule has 2 aliphatic heterocycles. The third-order valence-corrected chi connectivity index (χ3v) is 4.99. The van der Waals surface area contributed by atoms with E-state index in [1.54, 1.807) is 7.11 Å². The van der Waals surface area contributed by atoms with Crippen LogP contribution in [0.5, 0.6) is 5.75 Å². The zero-order chi connectivity index (χ0) is 17.0. The minimum atomic E-state index is -0.319. The van der Waals surface area contributed by atoms with E-state index in [1.165, 1.54) is 24.3 Å². The van der Waals surface area contributed by atoms with E-state index in [0.29, 0.717) is 12.4 Å². The van der Waals surface area contributed by atoms with Crippen molar-refractivity contribution in [2.75, 3.05) is 40.0 Å². The first kappa shape index (κ1) is 17.2. The molecule has 0 aliphatic carbocycles. The second-order valence-corrected chi connectivity index (χ2v) is 6.72. The standard InChI is InChI=1S/C18H24FNO4/c1-22-11-16-10-18(13-24-16)6-8-20(9-7-18)17(21)12-23-15-4-2-14(19)3-5-15/h2-5,16H,6-13H2,1H3. The molecule has 0 bridgehead atoms. The van der Waals surface area contributed by atoms with Gasteiger partial charge in [-0.3, -0.25) is 4.79 Å². The fourth-order valence-corrected chi connectivity index (χ4v) is 3.53. The van der Waals surface area contributed by atoms with Gasteiger partial charge in [-0.1, -0.05) is 0 Å². The van der Waals surface area contributed by atoms with Crippen LogP contribution in [0.25, 0.3) is 0 Å². The molecule has 2 heterocycles. The number of halogens is 1. The summed E-state index contributed by atoms with van der Waals surface area (Å²) in [5.74, 6) is 0.159. The van der Waals surface area contributed by atoms with Gasteiger partial charge in [-0.15, -0.1) is 0 Å². The lowest BCUT2D eigenvalue weighted by atomic mass is 9.76. The lowest BCUT2D eigenvalue weighted by Crippen LogP contribution is -2.45. The van der Waals surface area contributed by atoms with Crippen molar-refractivity contribution in [1.82, 2.24) is 4.90 Å². The fraction of sp³-hybridized carbons (Fsp3) is 0.611. The third-order valence-electron chi connectivity index (χ3n) is 4.99. The highest BCUT2D eigenvalue weighted by Gasteiger charge is 2.42. The smallest absolute Gasteiger partial charge is 0.260 e. The number of carbonyl (C=O) groups is 1. The van der Waals surface area contributed by atoms with Gasteiger partial charge in [0.2, 0.25) is 0 Å². The van der Waals surface area contributed by atoms with Gasteiger partial charge in [0.25, 0.3) is 5.91 Å². The summed E-state index contributed by atoms with van der Waals surface area (Å²) in [6.45, 7) is 2.84. The van der Waals surface area contributed by atoms with E-state index in [4.69, 9.17) is 14.2 Å². The average molecular weight is 337 g/mol. The largest absolute Gasteiger partial charge is 0.484 e. The molecule has 132 valence electrons. The number of carbonyl (C=O) groups excluding carboxylic acids is 1. The number of hydrogen-bond donors (Lipinski definition) is 0. The van der Waals surface area contributed by atoms with Gasteiger partial charge in [0.1, 0.15) is 11.6 Å². The summed E-state index contributed by atoms with van der Waals surface area (Å²) in [6.07, 6.45) is 3.10. The molecule has 3 rings (SSSR count). The van der Waals surface area contributed by atoms with Gasteiger partial charge in [-0.2, -0.15) is 0 Å². The monoisotopic (exact) mass is 337 g/mol. The van der Waals surface area contributed by atoms with E-state index in [0.717, 1.165) is 39.0 Å². The molecule has 1 aromatic carbocycles. The molecule has 1 spiro atoms. The molecule has 1 amide bonds. The molecule has 5 nitrogen and oxygen atoms in total. The Morgan fingerprint density at radius 1 is 1.33 bits per heavy atom. The topological polar surface area (TPSA) is 48.0 Å². The summed E-state index contributed by atoms with van der Waals surface area (Å²) in [5, 5.41) is 0. The first-order chi connectivity index (χ1) is 11.6. The Balaban J connectivity index is 1.44. The van der Waals surface area contributed by atoms with Gasteiger partial charge < -0.3 is 19.1 Å². The van der Waals surface area contributed by atoms with Crippen molar-refractivity contribution in [3.63, 3.8) is 0 Å². The maximum atomic E-state index is 12.8. The van der Waals surface area contributed by atoms with Crippen LogP contribution in [-0.4, -0.2) is 56.9 Å². The molecule has 24 heavy (non-hydrogen) atoms. The van der Waals surface area contributed by atoms with E-state index in [-0.39, 0.29) is 29.9 Å². The van der Waals surface area contributed by atoms with E-state index in [2.05, 4.69) is 0 Å². The van der Waals surface area contributed by atoms with Gasteiger partial charge in [0, 0.05) is 20.2 Å². The molecule has 1 atom stereocenters. The summed E-state index contributed by atoms with van der Waals surface area (Å²) in [4.78, 5) is 14.1. The van der Waals surface area contributed by atoms with Gasteiger partial charge >= 0.3 is 0 Å². The van der Waals surface area contributed by atoms with Crippen LogP contribution in [0, 0.1) is 11.2 Å². The number of likely N-dealkylation sites (tertiary alicyclic amines) is 1. The molecule has 0 N–H and O–H groups in total. The third kappa shape index (κ3) is 4.05. The minimum absolute atomic E-state index is 0.0125. The second kappa shape index (κ2) is 7.49. The SMILES string of the molecule is COCC1CC2(CCN(C(=O)COc3ccc(F)cc3)CC2)CO1. The highest BCUT2D eigenvalue weighted by atomic mass is 19.1. The van der Waals surface area contributed by atoms with Crippen LogP contribution >= 0.6 is 0 Å². The first-order valence-corrected chi connectivity index (χ1v) is 8.37. The van der Waals surface area contributed by atoms with E-state index < -0.39 is 0 Å². The molecule has 0 radical (unpaired) electrons. The van der Waals surface area contributed by atoms with Crippen LogP contribution in [-0.2, 0) is 14.3 Å². The van der Waals surface area contributed by atoms with Crippen LogP contribution in [0.4, 0.5) is 4.39 Å². The van der Waals surface area contributed by atoms with Crippen molar-refractivity contribution in [3.8, 4) is 5.75 Å². The van der Waals surface area contributed by atoms with Gasteiger partial charge in [0.05, 0.1) is 19.3 Å². The summed E-state index contributed by atoms with van der Waals surface area (Å²) in [6, 6.07) is 5.70. The highest BCUT2D eigenvalue weighted by Crippen LogP contribution is 2.41. The summed E-state index contributed by atoms with van der Waals surface area (Å²) in [5.41, 5.74) is 0.192. The maximum absolute atomic E-state index is 12.8. The minimum Gasteiger partial charge on any atom is -0.484 e. The van der Waals surface area contributed by atoms with Crippen LogP contribution < -0.4 is 4.74 Å². The van der Waals surface area contributed by atoms with Crippen LogP contribution in [0.15, 0.2) is 24.3 Å². The van der Waals surface area contributed by atoms with Crippen molar-refractivity contribution in [2.24, 2.45) is 5.41 Å². The Kier molecular flexibility index (Phi) is 5.36. The molecule has 2 fully saturated rings. The van der Waals surface area contributed by atoms with Crippen molar-refractivity contribution in [1.29, 1.82) is 0 Å².